The SMILES string of the molecule is CN1CCN(NC(=O)c2cnccc2NN)CC1. The first-order chi connectivity index (χ1) is 8.70. The van der Waals surface area contributed by atoms with E-state index in [1.165, 1.54) is 6.20 Å². The Balaban J connectivity index is 1.99. The Bertz CT molecular complexity index is 416. The van der Waals surface area contributed by atoms with Gasteiger partial charge in [-0.2, -0.15) is 0 Å². The van der Waals surface area contributed by atoms with Crippen LogP contribution in [-0.2, 0) is 0 Å². The molecule has 0 radical (unpaired) electrons. The Morgan fingerprint density at radius 2 is 2.11 bits per heavy atom. The molecule has 7 heteroatoms. The first kappa shape index (κ1) is 12.7. The monoisotopic (exact) mass is 250 g/mol. The topological polar surface area (TPSA) is 86.5 Å². The molecule has 0 aromatic carbocycles. The summed E-state index contributed by atoms with van der Waals surface area (Å²) in [6, 6.07) is 1.67. The number of nitrogens with one attached hydrogen (secondary N) is 2. The molecule has 18 heavy (non-hydrogen) atoms. The first-order valence-corrected chi connectivity index (χ1v) is 5.86. The van der Waals surface area contributed by atoms with Gasteiger partial charge in [-0.15, -0.1) is 0 Å². The van der Waals surface area contributed by atoms with Crippen LogP contribution in [0.5, 0.6) is 0 Å². The van der Waals surface area contributed by atoms with Crippen LogP contribution in [0.2, 0.25) is 0 Å². The summed E-state index contributed by atoms with van der Waals surface area (Å²) in [5, 5.41) is 1.91. The zero-order valence-corrected chi connectivity index (χ0v) is 10.4. The second-order valence-electron chi connectivity index (χ2n) is 4.30. The molecular formula is C11H18N6O. The minimum absolute atomic E-state index is 0.194. The standard InChI is InChI=1S/C11H18N6O/c1-16-4-6-17(7-5-16)15-11(18)9-8-13-3-2-10(9)14-12/h2-3,8H,4-7,12H2,1H3,(H,13,14)(H,15,18). The normalized spacial score (nSPS) is 17.4. The number of nitrogen functional groups attached to an aromatic ring is 1. The van der Waals surface area contributed by atoms with E-state index < -0.39 is 0 Å². The molecular weight excluding hydrogens is 232 g/mol. The van der Waals surface area contributed by atoms with Crippen molar-refractivity contribution >= 4 is 11.6 Å². The van der Waals surface area contributed by atoms with Crippen molar-refractivity contribution in [1.82, 2.24) is 20.3 Å². The number of carbonyl (C=O) groups excluding carboxylic acids is 1. The molecule has 0 bridgehead atoms. The number of nitrogens with two attached hydrogens (primary N) is 1. The fraction of sp³-hybridized carbons (Fsp3) is 0.455. The number of amides is 1. The molecule has 1 amide bonds. The highest BCUT2D eigenvalue weighted by atomic mass is 16.2. The Labute approximate surface area is 106 Å². The number of hydrogen-bond donors (Lipinski definition) is 3. The van der Waals surface area contributed by atoms with E-state index in [1.807, 2.05) is 5.01 Å². The summed E-state index contributed by atoms with van der Waals surface area (Å²) in [5.41, 5.74) is 6.37. The van der Waals surface area contributed by atoms with Crippen LogP contribution in [0.3, 0.4) is 0 Å². The molecule has 0 aliphatic carbocycles. The van der Waals surface area contributed by atoms with Crippen molar-refractivity contribution in [2.45, 2.75) is 0 Å². The van der Waals surface area contributed by atoms with E-state index in [4.69, 9.17) is 5.84 Å². The Kier molecular flexibility index (Phi) is 4.08. The maximum absolute atomic E-state index is 12.1. The zero-order chi connectivity index (χ0) is 13.0. The van der Waals surface area contributed by atoms with Gasteiger partial charge in [0.05, 0.1) is 11.3 Å². The Hall–Kier alpha value is -1.70. The summed E-state index contributed by atoms with van der Waals surface area (Å²) < 4.78 is 0. The van der Waals surface area contributed by atoms with Gasteiger partial charge in [-0.25, -0.2) is 5.01 Å². The van der Waals surface area contributed by atoms with E-state index in [-0.39, 0.29) is 5.91 Å². The van der Waals surface area contributed by atoms with E-state index in [0.717, 1.165) is 26.2 Å². The molecule has 0 atom stereocenters. The summed E-state index contributed by atoms with van der Waals surface area (Å²) in [7, 11) is 2.07. The van der Waals surface area contributed by atoms with Crippen LogP contribution in [0.15, 0.2) is 18.5 Å². The number of nitrogens with zero attached hydrogens (tertiary/aromatic N) is 3. The van der Waals surface area contributed by atoms with Gasteiger partial charge in [0.1, 0.15) is 0 Å². The van der Waals surface area contributed by atoms with Crippen LogP contribution in [0, 0.1) is 0 Å². The molecule has 1 aliphatic heterocycles. The van der Waals surface area contributed by atoms with Crippen LogP contribution >= 0.6 is 0 Å². The lowest BCUT2D eigenvalue weighted by molar-refractivity contribution is 0.0663. The fourth-order valence-corrected chi connectivity index (χ4v) is 1.82. The van der Waals surface area contributed by atoms with Crippen molar-refractivity contribution in [2.75, 3.05) is 38.7 Å². The number of piperazine rings is 1. The van der Waals surface area contributed by atoms with Crippen molar-refractivity contribution in [3.05, 3.63) is 24.0 Å². The molecule has 1 saturated heterocycles. The minimum Gasteiger partial charge on any atom is -0.323 e. The predicted octanol–water partition coefficient (Wildman–Crippen LogP) is -0.741. The van der Waals surface area contributed by atoms with Crippen molar-refractivity contribution < 1.29 is 4.79 Å². The smallest absolute Gasteiger partial charge is 0.269 e. The molecule has 4 N–H and O–H groups in total. The number of pyridine rings is 1. The quantitative estimate of drug-likeness (QED) is 0.484. The van der Waals surface area contributed by atoms with Gasteiger partial charge in [0.25, 0.3) is 5.91 Å². The van der Waals surface area contributed by atoms with Gasteiger partial charge in [0.15, 0.2) is 0 Å². The van der Waals surface area contributed by atoms with Crippen molar-refractivity contribution in [3.8, 4) is 0 Å². The molecule has 1 aliphatic rings. The molecule has 98 valence electrons. The Morgan fingerprint density at radius 3 is 2.78 bits per heavy atom. The average Bonchev–Trinajstić information content (AvgIpc) is 2.41. The minimum atomic E-state index is -0.194. The number of carbonyl (C=O) groups is 1. The van der Waals surface area contributed by atoms with Crippen molar-refractivity contribution in [3.63, 3.8) is 0 Å². The highest BCUT2D eigenvalue weighted by Crippen LogP contribution is 2.11. The van der Waals surface area contributed by atoms with Gasteiger partial charge in [-0.1, -0.05) is 0 Å². The zero-order valence-electron chi connectivity index (χ0n) is 10.4. The van der Waals surface area contributed by atoms with Crippen LogP contribution in [0.4, 0.5) is 5.69 Å². The van der Waals surface area contributed by atoms with E-state index in [9.17, 15) is 4.79 Å². The lowest BCUT2D eigenvalue weighted by atomic mass is 10.2. The van der Waals surface area contributed by atoms with Gasteiger partial charge < -0.3 is 10.3 Å². The van der Waals surface area contributed by atoms with Gasteiger partial charge in [-0.3, -0.25) is 21.0 Å². The van der Waals surface area contributed by atoms with Crippen LogP contribution in [0.25, 0.3) is 0 Å². The number of likely N-dealkylation sites (N-methyl/N-ethyl adjacent to an activating group) is 1. The molecule has 1 aromatic heterocycles. The van der Waals surface area contributed by atoms with Crippen LogP contribution in [-0.4, -0.2) is 54.0 Å². The summed E-state index contributed by atoms with van der Waals surface area (Å²) in [6.07, 6.45) is 3.09. The molecule has 7 nitrogen and oxygen atoms in total. The molecule has 2 rings (SSSR count). The van der Waals surface area contributed by atoms with E-state index in [1.54, 1.807) is 12.3 Å². The number of rotatable bonds is 3. The molecule has 0 saturated carbocycles. The molecule has 1 fully saturated rings. The van der Waals surface area contributed by atoms with E-state index in [0.29, 0.717) is 11.3 Å². The Morgan fingerprint density at radius 1 is 1.39 bits per heavy atom. The maximum Gasteiger partial charge on any atom is 0.269 e. The third kappa shape index (κ3) is 2.95. The summed E-state index contributed by atoms with van der Waals surface area (Å²) >= 11 is 0. The van der Waals surface area contributed by atoms with Crippen LogP contribution in [0.1, 0.15) is 10.4 Å². The second kappa shape index (κ2) is 5.76. The van der Waals surface area contributed by atoms with Gasteiger partial charge in [0, 0.05) is 38.6 Å². The first-order valence-electron chi connectivity index (χ1n) is 5.86. The van der Waals surface area contributed by atoms with Crippen molar-refractivity contribution in [2.24, 2.45) is 5.84 Å². The van der Waals surface area contributed by atoms with Gasteiger partial charge >= 0.3 is 0 Å². The summed E-state index contributed by atoms with van der Waals surface area (Å²) in [5.74, 6) is 5.17. The lowest BCUT2D eigenvalue weighted by Gasteiger charge is -2.32. The number of anilines is 1. The third-order valence-corrected chi connectivity index (χ3v) is 2.98. The largest absolute Gasteiger partial charge is 0.323 e. The summed E-state index contributed by atoms with van der Waals surface area (Å²) in [6.45, 7) is 3.51. The van der Waals surface area contributed by atoms with E-state index >= 15 is 0 Å². The molecule has 2 heterocycles. The predicted molar refractivity (Wildman–Crippen MR) is 68.6 cm³/mol. The third-order valence-electron chi connectivity index (χ3n) is 2.98. The lowest BCUT2D eigenvalue weighted by Crippen LogP contribution is -2.52. The molecule has 1 aromatic rings. The summed E-state index contributed by atoms with van der Waals surface area (Å²) in [4.78, 5) is 18.2. The van der Waals surface area contributed by atoms with E-state index in [2.05, 4.69) is 27.8 Å². The van der Waals surface area contributed by atoms with Gasteiger partial charge in [0.2, 0.25) is 0 Å². The van der Waals surface area contributed by atoms with Gasteiger partial charge in [-0.05, 0) is 13.1 Å². The molecule has 0 unspecified atom stereocenters. The number of hydrogen-bond acceptors (Lipinski definition) is 6. The average molecular weight is 250 g/mol. The van der Waals surface area contributed by atoms with Crippen molar-refractivity contribution in [1.29, 1.82) is 0 Å². The second-order valence-corrected chi connectivity index (χ2v) is 4.30. The van der Waals surface area contributed by atoms with Crippen LogP contribution < -0.4 is 16.7 Å². The highest BCUT2D eigenvalue weighted by molar-refractivity contribution is 5.98. The number of hydrazine groups is 2. The maximum atomic E-state index is 12.1. The number of aromatic nitrogens is 1. The molecule has 0 spiro atoms. The highest BCUT2D eigenvalue weighted by Gasteiger charge is 2.18. The fourth-order valence-electron chi connectivity index (χ4n) is 1.82.